The van der Waals surface area contributed by atoms with Crippen LogP contribution in [0, 0.1) is 17.8 Å². The molecule has 266 valence electrons. The normalized spacial score (nSPS) is 22.8. The maximum Gasteiger partial charge on any atom is 0.435 e. The third-order valence-electron chi connectivity index (χ3n) is 9.55. The number of nitrogens with one attached hydrogen (secondary N) is 3. The molecule has 2 aliphatic heterocycles. The van der Waals surface area contributed by atoms with Gasteiger partial charge in [0.2, 0.25) is 5.91 Å². The Bertz CT molecular complexity index is 1840. The summed E-state index contributed by atoms with van der Waals surface area (Å²) in [5, 5.41) is 19.5. The van der Waals surface area contributed by atoms with E-state index in [1.165, 1.54) is 42.1 Å². The summed E-state index contributed by atoms with van der Waals surface area (Å²) in [6, 6.07) is 3.70. The van der Waals surface area contributed by atoms with Crippen molar-refractivity contribution in [1.82, 2.24) is 34.9 Å². The van der Waals surface area contributed by atoms with Crippen molar-refractivity contribution in [2.45, 2.75) is 37.5 Å². The Morgan fingerprint density at radius 3 is 2.38 bits per heavy atom. The van der Waals surface area contributed by atoms with Gasteiger partial charge in [-0.05, 0) is 50.2 Å². The molecule has 0 spiro atoms. The maximum atomic E-state index is 13.8. The second-order valence-corrected chi connectivity index (χ2v) is 13.0. The zero-order chi connectivity index (χ0) is 35.9. The van der Waals surface area contributed by atoms with Crippen molar-refractivity contribution >= 4 is 41.5 Å². The van der Waals surface area contributed by atoms with Gasteiger partial charge in [-0.25, -0.2) is 9.37 Å². The van der Waals surface area contributed by atoms with Crippen molar-refractivity contribution < 1.29 is 41.8 Å². The van der Waals surface area contributed by atoms with Gasteiger partial charge in [0.15, 0.2) is 11.5 Å². The van der Waals surface area contributed by atoms with E-state index in [0.29, 0.717) is 13.1 Å². The largest absolute Gasteiger partial charge is 0.483 e. The number of carbonyl (C=O) groups is 4. The number of nitrogens with zero attached hydrogens (tertiary/aromatic N) is 5. The smallest absolute Gasteiger partial charge is 0.435 e. The number of alkyl halides is 3. The highest BCUT2D eigenvalue weighted by atomic mass is 35.5. The predicted octanol–water partition coefficient (Wildman–Crippen LogP) is 3.89. The molecule has 4 N–H and O–H groups in total. The minimum atomic E-state index is -4.80. The van der Waals surface area contributed by atoms with E-state index in [1.807, 2.05) is 4.90 Å². The highest BCUT2D eigenvalue weighted by molar-refractivity contribution is 6.34. The van der Waals surface area contributed by atoms with Crippen LogP contribution in [-0.2, 0) is 22.8 Å². The number of rotatable bonds is 7. The van der Waals surface area contributed by atoms with Gasteiger partial charge in [0.25, 0.3) is 18.3 Å². The Labute approximate surface area is 287 Å². The molecule has 50 heavy (non-hydrogen) atoms. The lowest BCUT2D eigenvalue weighted by Gasteiger charge is -2.28. The van der Waals surface area contributed by atoms with E-state index in [1.54, 1.807) is 0 Å². The first-order chi connectivity index (χ1) is 23.8. The van der Waals surface area contributed by atoms with Crippen molar-refractivity contribution in [1.29, 1.82) is 0 Å². The van der Waals surface area contributed by atoms with Crippen LogP contribution in [0.25, 0.3) is 11.3 Å². The highest BCUT2D eigenvalue weighted by Gasteiger charge is 2.57. The third kappa shape index (κ3) is 6.96. The van der Waals surface area contributed by atoms with E-state index in [9.17, 15) is 31.9 Å². The molecule has 2 unspecified atom stereocenters. The molecular weight excluding hydrogens is 688 g/mol. The average molecular weight is 721 g/mol. The van der Waals surface area contributed by atoms with Crippen molar-refractivity contribution in [3.8, 4) is 11.3 Å². The van der Waals surface area contributed by atoms with Gasteiger partial charge in [-0.1, -0.05) is 11.6 Å². The van der Waals surface area contributed by atoms with Gasteiger partial charge < -0.3 is 30.5 Å². The van der Waals surface area contributed by atoms with Crippen LogP contribution in [0.2, 0.25) is 5.02 Å². The quantitative estimate of drug-likeness (QED) is 0.211. The summed E-state index contributed by atoms with van der Waals surface area (Å²) in [5.41, 5.74) is -1.02. The molecule has 2 aliphatic carbocycles. The van der Waals surface area contributed by atoms with Crippen LogP contribution < -0.4 is 16.0 Å². The van der Waals surface area contributed by atoms with E-state index in [-0.39, 0.29) is 81.9 Å². The molecule has 0 bridgehead atoms. The molecule has 2 saturated heterocycles. The number of fused-ring (bicyclic) bond motifs is 1. The zero-order valence-electron chi connectivity index (χ0n) is 26.6. The minimum absolute atomic E-state index is 0.00818. The van der Waals surface area contributed by atoms with Gasteiger partial charge >= 0.3 is 6.18 Å². The first-order valence-corrected chi connectivity index (χ1v) is 16.2. The Kier molecular flexibility index (Phi) is 9.72. The van der Waals surface area contributed by atoms with E-state index >= 15 is 0 Å². The SMILES string of the molecule is Cn1c(-c2cn(C3C=C(F)C3)nc2C(F)(F)F)cnc1C(=O)Nc1ccc(C(=O)NC2[C@H]3CN(C(=O)C4CCNCC4)C[C@@H]23)c(Cl)c1.O=CO. The fourth-order valence-corrected chi connectivity index (χ4v) is 7.08. The number of imidazole rings is 1. The first kappa shape index (κ1) is 35.1. The number of anilines is 1. The van der Waals surface area contributed by atoms with Gasteiger partial charge in [0, 0.05) is 62.2 Å². The summed E-state index contributed by atoms with van der Waals surface area (Å²) in [6.07, 6.45) is 0.331. The van der Waals surface area contributed by atoms with Crippen LogP contribution in [0.3, 0.4) is 0 Å². The predicted molar refractivity (Wildman–Crippen MR) is 171 cm³/mol. The number of carbonyl (C=O) groups excluding carboxylic acids is 3. The lowest BCUT2D eigenvalue weighted by molar-refractivity contribution is -0.141. The highest BCUT2D eigenvalue weighted by Crippen LogP contribution is 2.46. The van der Waals surface area contributed by atoms with Crippen molar-refractivity contribution in [2.24, 2.45) is 24.8 Å². The zero-order valence-corrected chi connectivity index (χ0v) is 27.3. The van der Waals surface area contributed by atoms with Gasteiger partial charge in [-0.15, -0.1) is 0 Å². The van der Waals surface area contributed by atoms with Gasteiger partial charge in [0.05, 0.1) is 34.1 Å². The molecule has 13 nitrogen and oxygen atoms in total. The summed E-state index contributed by atoms with van der Waals surface area (Å²) in [5.74, 6) is -0.992. The summed E-state index contributed by atoms with van der Waals surface area (Å²) < 4.78 is 57.0. The van der Waals surface area contributed by atoms with E-state index in [2.05, 4.69) is 26.0 Å². The monoisotopic (exact) mass is 720 g/mol. The number of amides is 3. The molecule has 0 radical (unpaired) electrons. The lowest BCUT2D eigenvalue weighted by atomic mass is 9.96. The average Bonchev–Trinajstić information content (AvgIpc) is 3.48. The van der Waals surface area contributed by atoms with E-state index in [0.717, 1.165) is 36.8 Å². The van der Waals surface area contributed by atoms with Gasteiger partial charge in [-0.2, -0.15) is 18.3 Å². The second kappa shape index (κ2) is 13.9. The molecule has 4 atom stereocenters. The summed E-state index contributed by atoms with van der Waals surface area (Å²) in [4.78, 5) is 53.3. The number of benzene rings is 1. The number of hydrogen-bond acceptors (Lipinski definition) is 7. The molecule has 1 saturated carbocycles. The molecule has 3 fully saturated rings. The van der Waals surface area contributed by atoms with Crippen LogP contribution in [0.1, 0.15) is 52.0 Å². The molecule has 3 amide bonds. The first-order valence-electron chi connectivity index (χ1n) is 15.8. The van der Waals surface area contributed by atoms with Gasteiger partial charge in [-0.3, -0.25) is 23.9 Å². The van der Waals surface area contributed by atoms with Crippen LogP contribution in [0.15, 0.2) is 42.5 Å². The number of hydrogen-bond donors (Lipinski definition) is 4. The van der Waals surface area contributed by atoms with Crippen LogP contribution >= 0.6 is 11.6 Å². The molecule has 4 heterocycles. The Balaban J connectivity index is 0.00000139. The Hall–Kier alpha value is -4.77. The molecule has 2 aromatic heterocycles. The summed E-state index contributed by atoms with van der Waals surface area (Å²) in [6.45, 7) is 2.71. The summed E-state index contributed by atoms with van der Waals surface area (Å²) in [7, 11) is 1.40. The molecule has 4 aliphatic rings. The molecule has 18 heteroatoms. The number of likely N-dealkylation sites (tertiary alicyclic amines) is 1. The standard InChI is InChI=1S/C31H31ClF4N8O3.CH2O2/c1-42-24(22-14-44(18-8-16(33)9-18)41-26(22)31(34,35)36)11-38-27(42)29(46)39-17-2-3-19(23(32)10-17)28(45)40-25-20-12-43(13-21(20)25)30(47)15-4-6-37-7-5-15;2-1-3/h2-3,8,10-11,14-15,18,20-21,25,37H,4-7,9,12-13H2,1H3,(H,39,46)(H,40,45);1H,(H,2,3)/t18?,20-,21+,25?;. The van der Waals surface area contributed by atoms with Crippen LogP contribution in [-0.4, -0.2) is 85.8 Å². The fourth-order valence-electron chi connectivity index (χ4n) is 6.81. The van der Waals surface area contributed by atoms with E-state index < -0.39 is 29.6 Å². The maximum absolute atomic E-state index is 13.8. The van der Waals surface area contributed by atoms with Crippen molar-refractivity contribution in [3.63, 3.8) is 0 Å². The number of halogens is 5. The van der Waals surface area contributed by atoms with Crippen molar-refractivity contribution in [2.75, 3.05) is 31.5 Å². The Morgan fingerprint density at radius 1 is 1.12 bits per heavy atom. The second-order valence-electron chi connectivity index (χ2n) is 12.6. The third-order valence-corrected chi connectivity index (χ3v) is 9.86. The van der Waals surface area contributed by atoms with Crippen LogP contribution in [0.5, 0.6) is 0 Å². The fraction of sp³-hybridized carbons (Fsp3) is 0.438. The number of piperidine rings is 2. The molecular formula is C32H33ClF4N8O5. The molecule has 7 rings (SSSR count). The molecule has 1 aromatic carbocycles. The number of carboxylic acid groups (broad SMARTS) is 1. The number of aromatic nitrogens is 4. The topological polar surface area (TPSA) is 163 Å². The van der Waals surface area contributed by atoms with E-state index in [4.69, 9.17) is 21.5 Å². The van der Waals surface area contributed by atoms with Crippen molar-refractivity contribution in [3.05, 3.63) is 64.6 Å². The lowest BCUT2D eigenvalue weighted by Crippen LogP contribution is -2.43. The molecule has 3 aromatic rings. The minimum Gasteiger partial charge on any atom is -0.483 e. The van der Waals surface area contributed by atoms with Crippen LogP contribution in [0.4, 0.5) is 23.2 Å². The van der Waals surface area contributed by atoms with Gasteiger partial charge in [0.1, 0.15) is 5.83 Å². The Morgan fingerprint density at radius 2 is 1.78 bits per heavy atom. The summed E-state index contributed by atoms with van der Waals surface area (Å²) >= 11 is 6.42. The number of allylic oxidation sites excluding steroid dienone is 2.